The zero-order valence-corrected chi connectivity index (χ0v) is 9.09. The molecule has 2 atom stereocenters. The highest BCUT2D eigenvalue weighted by Gasteiger charge is 2.30. The highest BCUT2D eigenvalue weighted by atomic mass is 16.4. The Balaban J connectivity index is 2.42. The Morgan fingerprint density at radius 2 is 2.38 bits per heavy atom. The minimum Gasteiger partial charge on any atom is -0.465 e. The molecule has 1 saturated heterocycles. The first-order chi connectivity index (χ1) is 7.56. The predicted octanol–water partition coefficient (Wildman–Crippen LogP) is -0.0870. The first-order valence-electron chi connectivity index (χ1n) is 5.13. The Kier molecular flexibility index (Phi) is 4.26. The third-order valence-electron chi connectivity index (χ3n) is 2.75. The van der Waals surface area contributed by atoms with E-state index in [2.05, 4.69) is 11.4 Å². The lowest BCUT2D eigenvalue weighted by atomic mass is 9.97. The van der Waals surface area contributed by atoms with Gasteiger partial charge in [-0.15, -0.1) is 0 Å². The molecule has 2 N–H and O–H groups in total. The summed E-state index contributed by atoms with van der Waals surface area (Å²) >= 11 is 0. The van der Waals surface area contributed by atoms with Gasteiger partial charge in [-0.2, -0.15) is 5.26 Å². The van der Waals surface area contributed by atoms with Crippen LogP contribution in [0.2, 0.25) is 0 Å². The lowest BCUT2D eigenvalue weighted by Crippen LogP contribution is -2.54. The summed E-state index contributed by atoms with van der Waals surface area (Å²) in [5.74, 6) is -0.325. The van der Waals surface area contributed by atoms with E-state index in [4.69, 9.17) is 10.4 Å². The molecule has 1 aliphatic heterocycles. The normalized spacial score (nSPS) is 20.2. The van der Waals surface area contributed by atoms with Crippen molar-refractivity contribution >= 4 is 12.4 Å². The second kappa shape index (κ2) is 5.47. The van der Waals surface area contributed by atoms with Gasteiger partial charge in [-0.1, -0.05) is 6.92 Å². The number of likely N-dealkylation sites (tertiary alicyclic amines) is 1. The van der Waals surface area contributed by atoms with Crippen LogP contribution in [0.4, 0.5) is 4.79 Å². The number of aldehydes is 1. The van der Waals surface area contributed by atoms with Crippen molar-refractivity contribution in [3.05, 3.63) is 0 Å². The van der Waals surface area contributed by atoms with Crippen LogP contribution in [0, 0.1) is 23.2 Å². The molecular formula is C10H15N3O3. The average Bonchev–Trinajstić information content (AvgIpc) is 2.19. The fraction of sp³-hybridized carbons (Fsp3) is 0.700. The van der Waals surface area contributed by atoms with Crippen molar-refractivity contribution in [1.82, 2.24) is 10.2 Å². The topological polar surface area (TPSA) is 93.4 Å². The first kappa shape index (κ1) is 12.5. The fourth-order valence-electron chi connectivity index (χ4n) is 1.68. The lowest BCUT2D eigenvalue weighted by molar-refractivity contribution is -0.111. The molecule has 0 bridgehead atoms. The van der Waals surface area contributed by atoms with Gasteiger partial charge in [0.25, 0.3) is 0 Å². The van der Waals surface area contributed by atoms with Crippen molar-refractivity contribution in [3.8, 4) is 6.07 Å². The molecule has 88 valence electrons. The van der Waals surface area contributed by atoms with Crippen molar-refractivity contribution in [1.29, 1.82) is 5.26 Å². The molecular weight excluding hydrogens is 210 g/mol. The molecule has 1 heterocycles. The van der Waals surface area contributed by atoms with Gasteiger partial charge in [0.1, 0.15) is 6.29 Å². The Hall–Kier alpha value is -1.61. The Labute approximate surface area is 93.8 Å². The maximum absolute atomic E-state index is 10.6. The molecule has 1 aliphatic rings. The maximum atomic E-state index is 10.6. The summed E-state index contributed by atoms with van der Waals surface area (Å²) < 4.78 is 0. The van der Waals surface area contributed by atoms with Gasteiger partial charge >= 0.3 is 6.09 Å². The standard InChI is InChI=1S/C10H15N3O3/c1-7(6-14)9(12-10(15)16)5-13-3-8(2-11)4-13/h6-9,12H,3-5H2,1H3,(H,15,16). The summed E-state index contributed by atoms with van der Waals surface area (Å²) in [6.45, 7) is 3.46. The van der Waals surface area contributed by atoms with Gasteiger partial charge in [0, 0.05) is 25.6 Å². The number of hydrogen-bond acceptors (Lipinski definition) is 4. The quantitative estimate of drug-likeness (QED) is 0.638. The van der Waals surface area contributed by atoms with Gasteiger partial charge in [0.05, 0.1) is 18.0 Å². The smallest absolute Gasteiger partial charge is 0.404 e. The van der Waals surface area contributed by atoms with E-state index in [-0.39, 0.29) is 11.8 Å². The van der Waals surface area contributed by atoms with Crippen LogP contribution in [0.15, 0.2) is 0 Å². The average molecular weight is 225 g/mol. The number of rotatable bonds is 5. The van der Waals surface area contributed by atoms with Crippen LogP contribution in [0.5, 0.6) is 0 Å². The first-order valence-corrected chi connectivity index (χ1v) is 5.13. The number of carboxylic acid groups (broad SMARTS) is 1. The number of nitrogens with one attached hydrogen (secondary N) is 1. The fourth-order valence-corrected chi connectivity index (χ4v) is 1.68. The molecule has 6 nitrogen and oxygen atoms in total. The summed E-state index contributed by atoms with van der Waals surface area (Å²) in [5.41, 5.74) is 0. The molecule has 0 aromatic carbocycles. The molecule has 1 fully saturated rings. The monoisotopic (exact) mass is 225 g/mol. The SMILES string of the molecule is CC(C=O)C(CN1CC(C#N)C1)NC(=O)O. The zero-order chi connectivity index (χ0) is 12.1. The van der Waals surface area contributed by atoms with E-state index in [9.17, 15) is 9.59 Å². The molecule has 0 radical (unpaired) electrons. The number of carbonyl (C=O) groups is 2. The Morgan fingerprint density at radius 3 is 2.81 bits per heavy atom. The number of amides is 1. The van der Waals surface area contributed by atoms with Crippen LogP contribution in [0.3, 0.4) is 0 Å². The van der Waals surface area contributed by atoms with Gasteiger partial charge in [0.2, 0.25) is 0 Å². The summed E-state index contributed by atoms with van der Waals surface area (Å²) in [5, 5.41) is 19.6. The molecule has 1 rings (SSSR count). The van der Waals surface area contributed by atoms with Gasteiger partial charge in [-0.3, -0.25) is 4.90 Å². The highest BCUT2D eigenvalue weighted by Crippen LogP contribution is 2.15. The van der Waals surface area contributed by atoms with Gasteiger partial charge in [0.15, 0.2) is 0 Å². The van der Waals surface area contributed by atoms with Crippen molar-refractivity contribution in [2.75, 3.05) is 19.6 Å². The number of hydrogen-bond donors (Lipinski definition) is 2. The van der Waals surface area contributed by atoms with E-state index in [0.29, 0.717) is 19.6 Å². The second-order valence-electron chi connectivity index (χ2n) is 4.10. The third-order valence-corrected chi connectivity index (χ3v) is 2.75. The highest BCUT2D eigenvalue weighted by molar-refractivity contribution is 5.66. The van der Waals surface area contributed by atoms with Crippen LogP contribution in [0.1, 0.15) is 6.92 Å². The third kappa shape index (κ3) is 3.21. The summed E-state index contributed by atoms with van der Waals surface area (Å²) in [4.78, 5) is 23.1. The minimum absolute atomic E-state index is 0.0389. The van der Waals surface area contributed by atoms with Crippen LogP contribution in [0.25, 0.3) is 0 Å². The van der Waals surface area contributed by atoms with Crippen molar-refractivity contribution in [2.24, 2.45) is 11.8 Å². The van der Waals surface area contributed by atoms with Crippen LogP contribution in [-0.4, -0.2) is 48.1 Å². The molecule has 6 heteroatoms. The molecule has 2 unspecified atom stereocenters. The largest absolute Gasteiger partial charge is 0.465 e. The van der Waals surface area contributed by atoms with E-state index in [0.717, 1.165) is 6.29 Å². The lowest BCUT2D eigenvalue weighted by Gasteiger charge is -2.38. The van der Waals surface area contributed by atoms with E-state index in [1.807, 2.05) is 4.90 Å². The molecule has 0 spiro atoms. The zero-order valence-electron chi connectivity index (χ0n) is 9.09. The predicted molar refractivity (Wildman–Crippen MR) is 55.7 cm³/mol. The molecule has 0 aromatic rings. The molecule has 16 heavy (non-hydrogen) atoms. The summed E-state index contributed by atoms with van der Waals surface area (Å²) in [6, 6.07) is 1.73. The van der Waals surface area contributed by atoms with Crippen molar-refractivity contribution < 1.29 is 14.7 Å². The van der Waals surface area contributed by atoms with E-state index in [1.54, 1.807) is 6.92 Å². The van der Waals surface area contributed by atoms with Crippen molar-refractivity contribution in [3.63, 3.8) is 0 Å². The van der Waals surface area contributed by atoms with E-state index < -0.39 is 12.1 Å². The summed E-state index contributed by atoms with van der Waals surface area (Å²) in [7, 11) is 0. The Bertz CT molecular complexity index is 307. The number of nitriles is 1. The second-order valence-corrected chi connectivity index (χ2v) is 4.10. The maximum Gasteiger partial charge on any atom is 0.404 e. The van der Waals surface area contributed by atoms with Crippen molar-refractivity contribution in [2.45, 2.75) is 13.0 Å². The molecule has 0 aromatic heterocycles. The summed E-state index contributed by atoms with van der Waals surface area (Å²) in [6.07, 6.45) is -0.390. The molecule has 0 aliphatic carbocycles. The Morgan fingerprint density at radius 1 is 1.75 bits per heavy atom. The van der Waals surface area contributed by atoms with Crippen LogP contribution in [-0.2, 0) is 4.79 Å². The molecule has 1 amide bonds. The van der Waals surface area contributed by atoms with Gasteiger partial charge < -0.3 is 15.2 Å². The van der Waals surface area contributed by atoms with Gasteiger partial charge in [-0.05, 0) is 0 Å². The minimum atomic E-state index is -1.13. The number of nitrogens with zero attached hydrogens (tertiary/aromatic N) is 2. The van der Waals surface area contributed by atoms with E-state index in [1.165, 1.54) is 0 Å². The van der Waals surface area contributed by atoms with Gasteiger partial charge in [-0.25, -0.2) is 4.79 Å². The van der Waals surface area contributed by atoms with Crippen LogP contribution < -0.4 is 5.32 Å². The number of carbonyl (C=O) groups excluding carboxylic acids is 1. The van der Waals surface area contributed by atoms with Crippen LogP contribution >= 0.6 is 0 Å². The molecule has 0 saturated carbocycles. The van der Waals surface area contributed by atoms with E-state index >= 15 is 0 Å².